The topological polar surface area (TPSA) is 63.4 Å². The van der Waals surface area contributed by atoms with Crippen LogP contribution in [0, 0.1) is 0 Å². The van der Waals surface area contributed by atoms with Gasteiger partial charge >= 0.3 is 0 Å². The van der Waals surface area contributed by atoms with Gasteiger partial charge in [0.15, 0.2) is 0 Å². The lowest BCUT2D eigenvalue weighted by atomic mass is 10.5. The van der Waals surface area contributed by atoms with E-state index < -0.39 is 10.0 Å². The van der Waals surface area contributed by atoms with Crippen molar-refractivity contribution in [1.29, 1.82) is 0 Å². The molecule has 0 aliphatic heterocycles. The van der Waals surface area contributed by atoms with Gasteiger partial charge in [-0.3, -0.25) is 0 Å². The number of thiocarbonyl (C=S) groups is 1. The quantitative estimate of drug-likeness (QED) is 0.681. The second-order valence-electron chi connectivity index (χ2n) is 3.56. The maximum atomic E-state index is 11.8. The van der Waals surface area contributed by atoms with Crippen LogP contribution < -0.4 is 5.73 Å². The Kier molecular flexibility index (Phi) is 3.86. The molecule has 0 spiro atoms. The maximum absolute atomic E-state index is 11.8. The summed E-state index contributed by atoms with van der Waals surface area (Å²) in [4.78, 5) is 0.0479. The average Bonchev–Trinajstić information content (AvgIpc) is 2.79. The second kappa shape index (κ2) is 4.55. The highest BCUT2D eigenvalue weighted by molar-refractivity contribution is 7.92. The van der Waals surface area contributed by atoms with E-state index in [1.807, 2.05) is 6.92 Å². The molecule has 14 heavy (non-hydrogen) atoms. The zero-order chi connectivity index (χ0) is 10.8. The van der Waals surface area contributed by atoms with Gasteiger partial charge in [-0.05, 0) is 19.3 Å². The Morgan fingerprint density at radius 3 is 2.50 bits per heavy atom. The van der Waals surface area contributed by atoms with Crippen LogP contribution in [0.2, 0.25) is 0 Å². The van der Waals surface area contributed by atoms with Crippen molar-refractivity contribution in [2.75, 3.05) is 12.3 Å². The first-order valence-corrected chi connectivity index (χ1v) is 6.77. The van der Waals surface area contributed by atoms with Crippen molar-refractivity contribution in [3.8, 4) is 0 Å². The van der Waals surface area contributed by atoms with E-state index in [0.717, 1.165) is 19.3 Å². The van der Waals surface area contributed by atoms with E-state index in [4.69, 9.17) is 5.73 Å². The van der Waals surface area contributed by atoms with Gasteiger partial charge in [0.25, 0.3) is 0 Å². The third-order valence-corrected chi connectivity index (χ3v) is 4.28. The summed E-state index contributed by atoms with van der Waals surface area (Å²) >= 11 is 4.63. The van der Waals surface area contributed by atoms with Gasteiger partial charge < -0.3 is 5.73 Å². The molecule has 82 valence electrons. The first-order valence-electron chi connectivity index (χ1n) is 4.75. The van der Waals surface area contributed by atoms with Gasteiger partial charge in [0, 0.05) is 12.6 Å². The third kappa shape index (κ3) is 3.18. The summed E-state index contributed by atoms with van der Waals surface area (Å²) in [6, 6.07) is 0.203. The molecule has 1 aliphatic rings. The lowest BCUT2D eigenvalue weighted by molar-refractivity contribution is 0.406. The average molecular weight is 236 g/mol. The molecule has 1 fully saturated rings. The first-order chi connectivity index (χ1) is 6.47. The molecule has 0 radical (unpaired) electrons. The van der Waals surface area contributed by atoms with Crippen LogP contribution in [-0.4, -0.2) is 36.1 Å². The first kappa shape index (κ1) is 11.9. The SMILES string of the molecule is CCCN(C1CC1)S(=O)(=O)CC(N)=S. The van der Waals surface area contributed by atoms with Crippen LogP contribution in [0.4, 0.5) is 0 Å². The normalized spacial score (nSPS) is 17.3. The lowest BCUT2D eigenvalue weighted by Crippen LogP contribution is -2.38. The van der Waals surface area contributed by atoms with Gasteiger partial charge in [-0.1, -0.05) is 19.1 Å². The molecule has 4 nitrogen and oxygen atoms in total. The molecule has 0 saturated heterocycles. The van der Waals surface area contributed by atoms with Crippen molar-refractivity contribution in [3.05, 3.63) is 0 Å². The van der Waals surface area contributed by atoms with Crippen LogP contribution in [0.3, 0.4) is 0 Å². The highest BCUT2D eigenvalue weighted by atomic mass is 32.2. The number of nitrogens with zero attached hydrogens (tertiary/aromatic N) is 1. The second-order valence-corrected chi connectivity index (χ2v) is 6.01. The summed E-state index contributed by atoms with van der Waals surface area (Å²) in [5.41, 5.74) is 5.26. The molecule has 0 bridgehead atoms. The van der Waals surface area contributed by atoms with Crippen LogP contribution in [0.15, 0.2) is 0 Å². The van der Waals surface area contributed by atoms with Gasteiger partial charge in [-0.25, -0.2) is 8.42 Å². The molecule has 0 heterocycles. The molecular formula is C8H16N2O2S2. The van der Waals surface area contributed by atoms with E-state index in [0.29, 0.717) is 6.54 Å². The Morgan fingerprint density at radius 1 is 1.57 bits per heavy atom. The van der Waals surface area contributed by atoms with Crippen molar-refractivity contribution >= 4 is 27.2 Å². The van der Waals surface area contributed by atoms with E-state index in [1.165, 1.54) is 0 Å². The van der Waals surface area contributed by atoms with E-state index in [9.17, 15) is 8.42 Å². The van der Waals surface area contributed by atoms with Crippen LogP contribution in [0.25, 0.3) is 0 Å². The zero-order valence-electron chi connectivity index (χ0n) is 8.27. The molecule has 0 aromatic carbocycles. The molecular weight excluding hydrogens is 220 g/mol. The van der Waals surface area contributed by atoms with Gasteiger partial charge in [0.1, 0.15) is 5.75 Å². The largest absolute Gasteiger partial charge is 0.392 e. The van der Waals surface area contributed by atoms with Crippen LogP contribution in [0.1, 0.15) is 26.2 Å². The molecule has 1 rings (SSSR count). The Morgan fingerprint density at radius 2 is 2.14 bits per heavy atom. The minimum Gasteiger partial charge on any atom is -0.392 e. The highest BCUT2D eigenvalue weighted by Gasteiger charge is 2.36. The maximum Gasteiger partial charge on any atom is 0.220 e. The van der Waals surface area contributed by atoms with Crippen molar-refractivity contribution in [3.63, 3.8) is 0 Å². The Balaban J connectivity index is 2.69. The molecule has 0 aromatic rings. The number of sulfonamides is 1. The predicted octanol–water partition coefficient (Wildman–Crippen LogP) is 0.477. The summed E-state index contributed by atoms with van der Waals surface area (Å²) < 4.78 is 25.1. The summed E-state index contributed by atoms with van der Waals surface area (Å²) in [5.74, 6) is -0.196. The summed E-state index contributed by atoms with van der Waals surface area (Å²) in [5, 5.41) is 0. The zero-order valence-corrected chi connectivity index (χ0v) is 9.90. The summed E-state index contributed by atoms with van der Waals surface area (Å²) in [6.07, 6.45) is 2.76. The summed E-state index contributed by atoms with van der Waals surface area (Å²) in [6.45, 7) is 2.54. The van der Waals surface area contributed by atoms with E-state index in [2.05, 4.69) is 12.2 Å². The third-order valence-electron chi connectivity index (χ3n) is 2.08. The van der Waals surface area contributed by atoms with Crippen LogP contribution >= 0.6 is 12.2 Å². The molecule has 0 aromatic heterocycles. The Labute approximate surface area is 90.5 Å². The fourth-order valence-corrected chi connectivity index (χ4v) is 3.49. The van der Waals surface area contributed by atoms with E-state index >= 15 is 0 Å². The van der Waals surface area contributed by atoms with Crippen LogP contribution in [-0.2, 0) is 10.0 Å². The molecule has 0 amide bonds. The molecule has 2 N–H and O–H groups in total. The van der Waals surface area contributed by atoms with Crippen molar-refractivity contribution < 1.29 is 8.42 Å². The minimum absolute atomic E-state index is 0.0479. The Hall–Kier alpha value is -0.200. The number of hydrogen-bond donors (Lipinski definition) is 1. The monoisotopic (exact) mass is 236 g/mol. The number of nitrogens with two attached hydrogens (primary N) is 1. The highest BCUT2D eigenvalue weighted by Crippen LogP contribution is 2.29. The smallest absolute Gasteiger partial charge is 0.220 e. The summed E-state index contributed by atoms with van der Waals surface area (Å²) in [7, 11) is -3.25. The molecule has 6 heteroatoms. The predicted molar refractivity (Wildman–Crippen MR) is 60.6 cm³/mol. The van der Waals surface area contributed by atoms with Crippen molar-refractivity contribution in [2.24, 2.45) is 5.73 Å². The standard InChI is InChI=1S/C8H16N2O2S2/c1-2-5-10(7-3-4-7)14(11,12)6-8(9)13/h7H,2-6H2,1H3,(H2,9,13). The fourth-order valence-electron chi connectivity index (χ4n) is 1.39. The molecule has 1 saturated carbocycles. The Bertz CT molecular complexity index is 309. The molecule has 0 atom stereocenters. The fraction of sp³-hybridized carbons (Fsp3) is 0.875. The van der Waals surface area contributed by atoms with Gasteiger partial charge in [-0.15, -0.1) is 0 Å². The van der Waals surface area contributed by atoms with Crippen molar-refractivity contribution in [2.45, 2.75) is 32.2 Å². The van der Waals surface area contributed by atoms with Gasteiger partial charge in [0.05, 0.1) is 4.99 Å². The van der Waals surface area contributed by atoms with Crippen LogP contribution in [0.5, 0.6) is 0 Å². The minimum atomic E-state index is -3.25. The van der Waals surface area contributed by atoms with Gasteiger partial charge in [0.2, 0.25) is 10.0 Å². The molecule has 0 unspecified atom stereocenters. The van der Waals surface area contributed by atoms with E-state index in [-0.39, 0.29) is 16.8 Å². The van der Waals surface area contributed by atoms with E-state index in [1.54, 1.807) is 4.31 Å². The number of rotatable bonds is 6. The van der Waals surface area contributed by atoms with Gasteiger partial charge in [-0.2, -0.15) is 4.31 Å². The molecule has 1 aliphatic carbocycles. The lowest BCUT2D eigenvalue weighted by Gasteiger charge is -2.20. The van der Waals surface area contributed by atoms with Crippen molar-refractivity contribution in [1.82, 2.24) is 4.31 Å². The number of hydrogen-bond acceptors (Lipinski definition) is 3.